The summed E-state index contributed by atoms with van der Waals surface area (Å²) in [6, 6.07) is 3.80. The first-order valence-corrected chi connectivity index (χ1v) is 6.92. The predicted molar refractivity (Wildman–Crippen MR) is 74.7 cm³/mol. The summed E-state index contributed by atoms with van der Waals surface area (Å²) in [5.41, 5.74) is 5.80. The van der Waals surface area contributed by atoms with Gasteiger partial charge in [-0.25, -0.2) is 4.98 Å². The number of hydrogen-bond acceptors (Lipinski definition) is 4. The lowest BCUT2D eigenvalue weighted by Crippen LogP contribution is -2.09. The highest BCUT2D eigenvalue weighted by molar-refractivity contribution is 7.10. The van der Waals surface area contributed by atoms with Crippen molar-refractivity contribution < 1.29 is 13.2 Å². The fourth-order valence-corrected chi connectivity index (χ4v) is 2.73. The zero-order chi connectivity index (χ0) is 14.8. The highest BCUT2D eigenvalue weighted by atomic mass is 32.1. The van der Waals surface area contributed by atoms with Gasteiger partial charge in [0.05, 0.1) is 12.1 Å². The molecule has 0 aliphatic heterocycles. The molecule has 0 fully saturated rings. The first kappa shape index (κ1) is 14.6. The number of nitrogens with zero attached hydrogens (tertiary/aromatic N) is 1. The summed E-state index contributed by atoms with van der Waals surface area (Å²) in [7, 11) is 0. The number of aryl methyl sites for hydroxylation is 1. The number of rotatable bonds is 4. The molecule has 0 unspecified atom stereocenters. The van der Waals surface area contributed by atoms with Crippen molar-refractivity contribution in [1.82, 2.24) is 4.98 Å². The lowest BCUT2D eigenvalue weighted by Gasteiger charge is -2.11. The summed E-state index contributed by atoms with van der Waals surface area (Å²) >= 11 is 1.56. The van der Waals surface area contributed by atoms with Crippen molar-refractivity contribution in [3.63, 3.8) is 0 Å². The third-order valence-corrected chi connectivity index (χ3v) is 3.78. The van der Waals surface area contributed by atoms with Gasteiger partial charge >= 0.3 is 6.18 Å². The van der Waals surface area contributed by atoms with Gasteiger partial charge in [-0.15, -0.1) is 11.3 Å². The van der Waals surface area contributed by atoms with Crippen LogP contribution in [0, 0.1) is 0 Å². The second kappa shape index (κ2) is 5.70. The zero-order valence-electron chi connectivity index (χ0n) is 10.8. The summed E-state index contributed by atoms with van der Waals surface area (Å²) in [6.45, 7) is 2.47. The van der Waals surface area contributed by atoms with Gasteiger partial charge in [0.1, 0.15) is 11.6 Å². The molecular weight excluding hydrogens is 287 g/mol. The van der Waals surface area contributed by atoms with Crippen LogP contribution in [0.4, 0.5) is 24.8 Å². The van der Waals surface area contributed by atoms with Crippen LogP contribution in [0.1, 0.15) is 22.9 Å². The van der Waals surface area contributed by atoms with Crippen molar-refractivity contribution in [2.45, 2.75) is 26.1 Å². The van der Waals surface area contributed by atoms with Crippen molar-refractivity contribution in [3.8, 4) is 0 Å². The van der Waals surface area contributed by atoms with Crippen LogP contribution in [0.3, 0.4) is 0 Å². The van der Waals surface area contributed by atoms with Gasteiger partial charge in [-0.05, 0) is 35.6 Å². The normalized spacial score (nSPS) is 11.6. The minimum Gasteiger partial charge on any atom is -0.384 e. The molecule has 0 bridgehead atoms. The van der Waals surface area contributed by atoms with E-state index in [2.05, 4.69) is 10.3 Å². The topological polar surface area (TPSA) is 50.9 Å². The van der Waals surface area contributed by atoms with E-state index in [4.69, 9.17) is 5.73 Å². The van der Waals surface area contributed by atoms with Gasteiger partial charge in [-0.3, -0.25) is 0 Å². The molecule has 2 rings (SSSR count). The Morgan fingerprint density at radius 3 is 2.75 bits per heavy atom. The van der Waals surface area contributed by atoms with Gasteiger partial charge in [-0.1, -0.05) is 6.92 Å². The third-order valence-electron chi connectivity index (χ3n) is 2.82. The molecule has 0 atom stereocenters. The first-order chi connectivity index (χ1) is 9.40. The maximum atomic E-state index is 12.7. The quantitative estimate of drug-likeness (QED) is 0.900. The molecule has 2 aromatic rings. The molecule has 0 radical (unpaired) electrons. The number of nitrogen functional groups attached to an aromatic ring is 1. The molecule has 0 amide bonds. The number of pyridine rings is 1. The van der Waals surface area contributed by atoms with Crippen molar-refractivity contribution in [1.29, 1.82) is 0 Å². The molecule has 0 saturated carbocycles. The van der Waals surface area contributed by atoms with Gasteiger partial charge in [0, 0.05) is 4.88 Å². The number of alkyl halides is 3. The number of anilines is 2. The number of thiophene rings is 1. The highest BCUT2D eigenvalue weighted by Gasteiger charge is 2.31. The second-order valence-corrected chi connectivity index (χ2v) is 5.24. The largest absolute Gasteiger partial charge is 0.416 e. The Balaban J connectivity index is 2.16. The Morgan fingerprint density at radius 1 is 1.35 bits per heavy atom. The van der Waals surface area contributed by atoms with Crippen LogP contribution in [0.25, 0.3) is 0 Å². The third kappa shape index (κ3) is 3.41. The molecule has 0 aromatic carbocycles. The standard InChI is InChI=1S/C13H14F3N3S/c1-2-8-3-4-20-10(8)7-18-12-6-9(13(14,15)16)5-11(17)19-12/h3-6H,2,7H2,1H3,(H3,17,18,19). The summed E-state index contributed by atoms with van der Waals surface area (Å²) in [4.78, 5) is 4.96. The second-order valence-electron chi connectivity index (χ2n) is 4.24. The highest BCUT2D eigenvalue weighted by Crippen LogP contribution is 2.31. The Morgan fingerprint density at radius 2 is 2.10 bits per heavy atom. The van der Waals surface area contributed by atoms with Crippen LogP contribution in [0.5, 0.6) is 0 Å². The SMILES string of the molecule is CCc1ccsc1CNc1cc(C(F)(F)F)cc(N)n1. The molecular formula is C13H14F3N3S. The van der Waals surface area contributed by atoms with Crippen LogP contribution >= 0.6 is 11.3 Å². The molecule has 108 valence electrons. The summed E-state index contributed by atoms with van der Waals surface area (Å²) in [6.07, 6.45) is -3.54. The van der Waals surface area contributed by atoms with Gasteiger partial charge in [0.15, 0.2) is 0 Å². The Bertz CT molecular complexity index is 593. The smallest absolute Gasteiger partial charge is 0.384 e. The lowest BCUT2D eigenvalue weighted by atomic mass is 10.2. The first-order valence-electron chi connectivity index (χ1n) is 6.04. The molecule has 2 heterocycles. The van der Waals surface area contributed by atoms with Gasteiger partial charge < -0.3 is 11.1 Å². The van der Waals surface area contributed by atoms with E-state index in [1.165, 1.54) is 5.56 Å². The van der Waals surface area contributed by atoms with Crippen molar-refractivity contribution in [3.05, 3.63) is 39.6 Å². The van der Waals surface area contributed by atoms with Crippen LogP contribution in [0.15, 0.2) is 23.6 Å². The van der Waals surface area contributed by atoms with E-state index in [9.17, 15) is 13.2 Å². The summed E-state index contributed by atoms with van der Waals surface area (Å²) < 4.78 is 38.0. The molecule has 0 aliphatic rings. The molecule has 0 spiro atoms. The fraction of sp³-hybridized carbons (Fsp3) is 0.308. The minimum absolute atomic E-state index is 0.132. The molecule has 3 nitrogen and oxygen atoms in total. The predicted octanol–water partition coefficient (Wildman–Crippen LogP) is 3.92. The van der Waals surface area contributed by atoms with E-state index in [-0.39, 0.29) is 11.6 Å². The Kier molecular flexibility index (Phi) is 4.17. The maximum absolute atomic E-state index is 12.7. The van der Waals surface area contributed by atoms with Crippen LogP contribution < -0.4 is 11.1 Å². The van der Waals surface area contributed by atoms with Crippen molar-refractivity contribution >= 4 is 23.0 Å². The van der Waals surface area contributed by atoms with E-state index in [1.54, 1.807) is 11.3 Å². The zero-order valence-corrected chi connectivity index (χ0v) is 11.6. The summed E-state index contributed by atoms with van der Waals surface area (Å²) in [5, 5.41) is 4.86. The number of nitrogens with one attached hydrogen (secondary N) is 1. The van der Waals surface area contributed by atoms with E-state index in [0.717, 1.165) is 23.4 Å². The van der Waals surface area contributed by atoms with Crippen molar-refractivity contribution in [2.24, 2.45) is 0 Å². The number of aromatic nitrogens is 1. The van der Waals surface area contributed by atoms with Crippen molar-refractivity contribution in [2.75, 3.05) is 11.1 Å². The molecule has 7 heteroatoms. The Hall–Kier alpha value is -1.76. The number of halogens is 3. The van der Waals surface area contributed by atoms with E-state index in [1.807, 2.05) is 18.4 Å². The molecule has 3 N–H and O–H groups in total. The minimum atomic E-state index is -4.43. The summed E-state index contributed by atoms with van der Waals surface area (Å²) in [5.74, 6) is -0.0167. The van der Waals surface area contributed by atoms with E-state index >= 15 is 0 Å². The maximum Gasteiger partial charge on any atom is 0.416 e. The van der Waals surface area contributed by atoms with E-state index < -0.39 is 11.7 Å². The average molecular weight is 301 g/mol. The lowest BCUT2D eigenvalue weighted by molar-refractivity contribution is -0.137. The monoisotopic (exact) mass is 301 g/mol. The molecule has 0 saturated heterocycles. The number of hydrogen-bond donors (Lipinski definition) is 2. The van der Waals surface area contributed by atoms with E-state index in [0.29, 0.717) is 6.54 Å². The Labute approximate surface area is 118 Å². The molecule has 2 aromatic heterocycles. The number of nitrogens with two attached hydrogens (primary N) is 1. The van der Waals surface area contributed by atoms with Crippen LogP contribution in [-0.4, -0.2) is 4.98 Å². The average Bonchev–Trinajstić information content (AvgIpc) is 2.82. The van der Waals surface area contributed by atoms with Gasteiger partial charge in [-0.2, -0.15) is 13.2 Å². The fourth-order valence-electron chi connectivity index (χ4n) is 1.81. The van der Waals surface area contributed by atoms with Gasteiger partial charge in [0.25, 0.3) is 0 Å². The van der Waals surface area contributed by atoms with Gasteiger partial charge in [0.2, 0.25) is 0 Å². The molecule has 20 heavy (non-hydrogen) atoms. The van der Waals surface area contributed by atoms with Crippen LogP contribution in [-0.2, 0) is 19.1 Å². The van der Waals surface area contributed by atoms with Crippen LogP contribution in [0.2, 0.25) is 0 Å². The molecule has 0 aliphatic carbocycles.